The van der Waals surface area contributed by atoms with E-state index in [2.05, 4.69) is 34.9 Å². The van der Waals surface area contributed by atoms with Gasteiger partial charge < -0.3 is 20.5 Å². The van der Waals surface area contributed by atoms with Crippen LogP contribution in [0.4, 0.5) is 4.79 Å². The molecular weight excluding hydrogens is 432 g/mol. The number of amides is 2. The number of rotatable bonds is 9. The Bertz CT molecular complexity index is 1000. The molecule has 4 rings (SSSR count). The summed E-state index contributed by atoms with van der Waals surface area (Å²) >= 11 is 0. The number of carboxylic acid groups (broad SMARTS) is 1. The van der Waals surface area contributed by atoms with Gasteiger partial charge in [-0.3, -0.25) is 9.59 Å². The molecule has 0 radical (unpaired) electrons. The fourth-order valence-corrected chi connectivity index (χ4v) is 5.32. The predicted molar refractivity (Wildman–Crippen MR) is 128 cm³/mol. The van der Waals surface area contributed by atoms with Gasteiger partial charge in [0.05, 0.1) is 6.42 Å². The van der Waals surface area contributed by atoms with Crippen LogP contribution in [0, 0.1) is 5.92 Å². The number of ether oxygens (including phenoxy) is 1. The van der Waals surface area contributed by atoms with Gasteiger partial charge in [0.15, 0.2) is 0 Å². The standard InChI is InChI=1S/C27H32N2O5/c1-17(14-25(30)29-24(15-26(31)32)18-8-2-3-9-18)28-27(33)34-16-23-21-12-6-4-10-19(21)20-11-5-7-13-22(20)23/h4-7,10-13,17-18,23-24H,2-3,8-9,14-16H2,1H3,(H,28,33)(H,29,30)(H,31,32). The second-order valence-electron chi connectivity index (χ2n) is 9.39. The molecular formula is C27H32N2O5. The lowest BCUT2D eigenvalue weighted by Gasteiger charge is -2.24. The molecule has 0 spiro atoms. The lowest BCUT2D eigenvalue weighted by Crippen LogP contribution is -2.44. The third-order valence-electron chi connectivity index (χ3n) is 6.91. The molecule has 1 fully saturated rings. The Labute approximate surface area is 199 Å². The second kappa shape index (κ2) is 10.7. The first kappa shape index (κ1) is 23.8. The van der Waals surface area contributed by atoms with Gasteiger partial charge in [-0.1, -0.05) is 61.4 Å². The molecule has 0 heterocycles. The number of aliphatic carboxylic acids is 1. The van der Waals surface area contributed by atoms with Crippen LogP contribution in [-0.2, 0) is 14.3 Å². The first-order valence-electron chi connectivity index (χ1n) is 12.0. The molecule has 0 aromatic heterocycles. The number of carbonyl (C=O) groups is 3. The average Bonchev–Trinajstić information content (AvgIpc) is 3.44. The van der Waals surface area contributed by atoms with Gasteiger partial charge in [0.2, 0.25) is 5.91 Å². The van der Waals surface area contributed by atoms with E-state index in [1.54, 1.807) is 6.92 Å². The average molecular weight is 465 g/mol. The third-order valence-corrected chi connectivity index (χ3v) is 6.91. The summed E-state index contributed by atoms with van der Waals surface area (Å²) in [6.45, 7) is 1.95. The van der Waals surface area contributed by atoms with Crippen LogP contribution < -0.4 is 10.6 Å². The topological polar surface area (TPSA) is 105 Å². The molecule has 7 nitrogen and oxygen atoms in total. The molecule has 2 atom stereocenters. The minimum atomic E-state index is -0.915. The summed E-state index contributed by atoms with van der Waals surface area (Å²) < 4.78 is 5.55. The molecule has 2 aliphatic rings. The van der Waals surface area contributed by atoms with E-state index >= 15 is 0 Å². The summed E-state index contributed by atoms with van der Waals surface area (Å²) in [7, 11) is 0. The normalized spacial score (nSPS) is 16.9. The second-order valence-corrected chi connectivity index (χ2v) is 9.39. The van der Waals surface area contributed by atoms with E-state index in [1.807, 2.05) is 24.3 Å². The van der Waals surface area contributed by atoms with Crippen molar-refractivity contribution >= 4 is 18.0 Å². The number of hydrogen-bond donors (Lipinski definition) is 3. The van der Waals surface area contributed by atoms with E-state index < -0.39 is 18.1 Å². The zero-order valence-corrected chi connectivity index (χ0v) is 19.5. The predicted octanol–water partition coefficient (Wildman–Crippen LogP) is 4.45. The summed E-state index contributed by atoms with van der Waals surface area (Å²) in [6.07, 6.45) is 3.42. The number of alkyl carbamates (subject to hydrolysis) is 1. The maximum absolute atomic E-state index is 12.5. The van der Waals surface area contributed by atoms with E-state index in [4.69, 9.17) is 4.74 Å². The van der Waals surface area contributed by atoms with Crippen LogP contribution in [0.3, 0.4) is 0 Å². The first-order chi connectivity index (χ1) is 16.4. The lowest BCUT2D eigenvalue weighted by atomic mass is 9.95. The SMILES string of the molecule is CC(CC(=O)NC(CC(=O)O)C1CCCC1)NC(=O)OCC1c2ccccc2-c2ccccc21. The van der Waals surface area contributed by atoms with Crippen molar-refractivity contribution in [1.82, 2.24) is 10.6 Å². The Morgan fingerprint density at radius 1 is 0.941 bits per heavy atom. The maximum Gasteiger partial charge on any atom is 0.407 e. The molecule has 0 bridgehead atoms. The van der Waals surface area contributed by atoms with Gasteiger partial charge in [0.25, 0.3) is 0 Å². The molecule has 2 unspecified atom stereocenters. The maximum atomic E-state index is 12.5. The number of carbonyl (C=O) groups excluding carboxylic acids is 2. The minimum Gasteiger partial charge on any atom is -0.481 e. The Balaban J connectivity index is 1.28. The summed E-state index contributed by atoms with van der Waals surface area (Å²) in [4.78, 5) is 36.2. The highest BCUT2D eigenvalue weighted by atomic mass is 16.5. The van der Waals surface area contributed by atoms with Crippen LogP contribution in [0.25, 0.3) is 11.1 Å². The molecule has 2 aliphatic carbocycles. The van der Waals surface area contributed by atoms with Crippen LogP contribution in [-0.4, -0.2) is 41.8 Å². The highest BCUT2D eigenvalue weighted by Crippen LogP contribution is 2.44. The highest BCUT2D eigenvalue weighted by molar-refractivity contribution is 5.80. The molecule has 2 aromatic carbocycles. The number of nitrogens with one attached hydrogen (secondary N) is 2. The summed E-state index contributed by atoms with van der Waals surface area (Å²) in [5.74, 6) is -1.00. The van der Waals surface area contributed by atoms with E-state index in [0.29, 0.717) is 0 Å². The molecule has 7 heteroatoms. The van der Waals surface area contributed by atoms with Crippen molar-refractivity contribution in [2.75, 3.05) is 6.61 Å². The van der Waals surface area contributed by atoms with Gasteiger partial charge in [-0.2, -0.15) is 0 Å². The Morgan fingerprint density at radius 2 is 1.53 bits per heavy atom. The zero-order valence-electron chi connectivity index (χ0n) is 19.5. The van der Waals surface area contributed by atoms with Gasteiger partial charge in [0.1, 0.15) is 6.61 Å². The molecule has 34 heavy (non-hydrogen) atoms. The van der Waals surface area contributed by atoms with Crippen LogP contribution in [0.15, 0.2) is 48.5 Å². The number of fused-ring (bicyclic) bond motifs is 3. The summed E-state index contributed by atoms with van der Waals surface area (Å²) in [5, 5.41) is 14.8. The first-order valence-corrected chi connectivity index (χ1v) is 12.0. The number of benzene rings is 2. The quantitative estimate of drug-likeness (QED) is 0.508. The van der Waals surface area contributed by atoms with Crippen molar-refractivity contribution in [2.24, 2.45) is 5.92 Å². The van der Waals surface area contributed by atoms with E-state index in [9.17, 15) is 19.5 Å². The number of hydrogen-bond acceptors (Lipinski definition) is 4. The van der Waals surface area contributed by atoms with Gasteiger partial charge >= 0.3 is 12.1 Å². The summed E-state index contributed by atoms with van der Waals surface area (Å²) in [6, 6.07) is 15.5. The molecule has 1 saturated carbocycles. The van der Waals surface area contributed by atoms with Crippen molar-refractivity contribution in [3.63, 3.8) is 0 Å². The van der Waals surface area contributed by atoms with Gasteiger partial charge in [0, 0.05) is 24.4 Å². The monoisotopic (exact) mass is 464 g/mol. The molecule has 180 valence electrons. The molecule has 2 amide bonds. The Hall–Kier alpha value is -3.35. The van der Waals surface area contributed by atoms with Crippen LogP contribution in [0.5, 0.6) is 0 Å². The highest BCUT2D eigenvalue weighted by Gasteiger charge is 2.30. The van der Waals surface area contributed by atoms with Gasteiger partial charge in [-0.25, -0.2) is 4.79 Å². The fraction of sp³-hybridized carbons (Fsp3) is 0.444. The summed E-state index contributed by atoms with van der Waals surface area (Å²) in [5.41, 5.74) is 4.60. The zero-order chi connectivity index (χ0) is 24.1. The van der Waals surface area contributed by atoms with E-state index in [-0.39, 0.29) is 43.2 Å². The molecule has 3 N–H and O–H groups in total. The van der Waals surface area contributed by atoms with Gasteiger partial charge in [-0.05, 0) is 47.9 Å². The Kier molecular flexibility index (Phi) is 7.50. The van der Waals surface area contributed by atoms with Crippen molar-refractivity contribution in [3.8, 4) is 11.1 Å². The van der Waals surface area contributed by atoms with E-state index in [1.165, 1.54) is 0 Å². The lowest BCUT2D eigenvalue weighted by molar-refractivity contribution is -0.138. The van der Waals surface area contributed by atoms with Crippen molar-refractivity contribution in [2.45, 2.75) is 63.5 Å². The van der Waals surface area contributed by atoms with E-state index in [0.717, 1.165) is 47.9 Å². The smallest absolute Gasteiger partial charge is 0.407 e. The molecule has 0 aliphatic heterocycles. The van der Waals surface area contributed by atoms with Crippen molar-refractivity contribution < 1.29 is 24.2 Å². The van der Waals surface area contributed by atoms with Crippen molar-refractivity contribution in [1.29, 1.82) is 0 Å². The molecule has 0 saturated heterocycles. The molecule has 2 aromatic rings. The largest absolute Gasteiger partial charge is 0.481 e. The third kappa shape index (κ3) is 5.58. The minimum absolute atomic E-state index is 0.0278. The fourth-order valence-electron chi connectivity index (χ4n) is 5.32. The van der Waals surface area contributed by atoms with Gasteiger partial charge in [-0.15, -0.1) is 0 Å². The van der Waals surface area contributed by atoms with Crippen molar-refractivity contribution in [3.05, 3.63) is 59.7 Å². The van der Waals surface area contributed by atoms with Crippen LogP contribution >= 0.6 is 0 Å². The van der Waals surface area contributed by atoms with Crippen LogP contribution in [0.2, 0.25) is 0 Å². The Morgan fingerprint density at radius 3 is 2.12 bits per heavy atom. The van der Waals surface area contributed by atoms with Crippen LogP contribution in [0.1, 0.15) is 62.5 Å². The number of carboxylic acids is 1.